The number of halogens is 2. The van der Waals surface area contributed by atoms with E-state index in [1.54, 1.807) is 77.1 Å². The van der Waals surface area contributed by atoms with E-state index in [9.17, 15) is 48.6 Å². The van der Waals surface area contributed by atoms with E-state index in [4.69, 9.17) is 70.6 Å². The Morgan fingerprint density at radius 3 is 1.88 bits per heavy atom. The summed E-state index contributed by atoms with van der Waals surface area (Å²) in [7, 11) is 3.04. The Morgan fingerprint density at radius 2 is 1.25 bits per heavy atom. The molecule has 580 valence electrons. The highest BCUT2D eigenvalue weighted by Gasteiger charge is 2.47. The minimum atomic E-state index is -1.58. The van der Waals surface area contributed by atoms with E-state index in [2.05, 4.69) is 16.0 Å². The number of hydrogen-bond acceptors (Lipinski definition) is 22. The van der Waals surface area contributed by atoms with Gasteiger partial charge in [-0.15, -0.1) is 34.5 Å². The first kappa shape index (κ1) is 82.9. The number of methoxy groups -OCH3 is 2. The summed E-state index contributed by atoms with van der Waals surface area (Å²) in [4.78, 5) is 114. The van der Waals surface area contributed by atoms with Crippen LogP contribution in [-0.4, -0.2) is 266 Å². The first-order valence-electron chi connectivity index (χ1n) is 35.7. The molecule has 0 saturated carbocycles. The maximum atomic E-state index is 14.8. The molecule has 3 aliphatic heterocycles. The van der Waals surface area contributed by atoms with Crippen LogP contribution in [0.3, 0.4) is 0 Å². The van der Waals surface area contributed by atoms with Crippen molar-refractivity contribution in [1.82, 2.24) is 30.2 Å². The number of carbonyl (C=O) groups is 8. The Balaban J connectivity index is 0.685. The fraction of sp³-hybridized carbons (Fsp3) is 0.500. The van der Waals surface area contributed by atoms with Gasteiger partial charge >= 0.3 is 6.09 Å². The highest BCUT2D eigenvalue weighted by molar-refractivity contribution is 7.16. The van der Waals surface area contributed by atoms with Crippen LogP contribution < -0.4 is 25.6 Å². The number of ether oxygens (including phenoxy) is 10. The van der Waals surface area contributed by atoms with Crippen molar-refractivity contribution < 1.29 is 95.9 Å². The molecule has 1 fully saturated rings. The molecule has 0 radical (unpaired) electrons. The van der Waals surface area contributed by atoms with Gasteiger partial charge in [-0.2, -0.15) is 0 Å². The maximum Gasteiger partial charge on any atom is 0.410 e. The average molecular weight is 1540 g/mol. The third-order valence-corrected chi connectivity index (χ3v) is 20.4. The van der Waals surface area contributed by atoms with E-state index < -0.39 is 48.4 Å². The number of aliphatic hydroxyl groups excluding tert-OH is 2. The molecule has 4 aromatic carbocycles. The topological polar surface area (TPSA) is 322 Å². The average Bonchev–Trinajstić information content (AvgIpc) is 1.62. The van der Waals surface area contributed by atoms with Gasteiger partial charge in [0, 0.05) is 118 Å². The van der Waals surface area contributed by atoms with Gasteiger partial charge in [-0.05, 0) is 71.2 Å². The van der Waals surface area contributed by atoms with Gasteiger partial charge in [0.1, 0.15) is 30.2 Å². The molecular formula is C76H96Cl2N8O20S. The largest absolute Gasteiger partial charge is 0.508 e. The van der Waals surface area contributed by atoms with Crippen LogP contribution in [0.4, 0.5) is 16.2 Å². The predicted molar refractivity (Wildman–Crippen MR) is 401 cm³/mol. The van der Waals surface area contributed by atoms with Gasteiger partial charge in [0.05, 0.1) is 121 Å². The highest BCUT2D eigenvalue weighted by atomic mass is 35.5. The third kappa shape index (κ3) is 22.7. The van der Waals surface area contributed by atoms with Gasteiger partial charge in [0.25, 0.3) is 30.0 Å². The zero-order valence-electron chi connectivity index (χ0n) is 60.8. The molecule has 9 rings (SSSR count). The quantitative estimate of drug-likeness (QED) is 0.0112. The molecule has 7 atom stereocenters. The number of fused-ring (bicyclic) bond motifs is 6. The summed E-state index contributed by atoms with van der Waals surface area (Å²) >= 11 is 14.3. The Hall–Kier alpha value is -8.14. The first-order valence-corrected chi connectivity index (χ1v) is 37.6. The van der Waals surface area contributed by atoms with Gasteiger partial charge in [-0.3, -0.25) is 38.5 Å². The number of aliphatic hydroxyl groups is 2. The van der Waals surface area contributed by atoms with E-state index in [1.807, 2.05) is 48.5 Å². The lowest BCUT2D eigenvalue weighted by atomic mass is 9.78. The first-order chi connectivity index (χ1) is 51.8. The van der Waals surface area contributed by atoms with Gasteiger partial charge in [-0.25, -0.2) is 9.69 Å². The molecule has 28 nitrogen and oxygen atoms in total. The van der Waals surface area contributed by atoms with Crippen molar-refractivity contribution in [1.29, 1.82) is 0 Å². The number of hydrogen-bond donors (Lipinski definition) is 5. The molecule has 1 aliphatic carbocycles. The van der Waals surface area contributed by atoms with Crippen LogP contribution in [0.1, 0.15) is 80.6 Å². The van der Waals surface area contributed by atoms with Crippen LogP contribution >= 0.6 is 34.5 Å². The smallest absolute Gasteiger partial charge is 0.410 e. The lowest BCUT2D eigenvalue weighted by Gasteiger charge is -2.31. The van der Waals surface area contributed by atoms with Gasteiger partial charge in [-0.1, -0.05) is 74.5 Å². The summed E-state index contributed by atoms with van der Waals surface area (Å²) in [6.45, 7) is 10.3. The second kappa shape index (κ2) is 42.0. The van der Waals surface area contributed by atoms with Crippen LogP contribution in [-0.2, 0) is 73.2 Å². The number of thiophene rings is 1. The van der Waals surface area contributed by atoms with Crippen molar-refractivity contribution in [2.45, 2.75) is 70.2 Å². The van der Waals surface area contributed by atoms with Crippen LogP contribution in [0.25, 0.3) is 16.5 Å². The monoisotopic (exact) mass is 1540 g/mol. The minimum absolute atomic E-state index is 0.00964. The van der Waals surface area contributed by atoms with Crippen LogP contribution in [0, 0.1) is 11.8 Å². The van der Waals surface area contributed by atoms with E-state index >= 15 is 0 Å². The number of benzene rings is 4. The Labute approximate surface area is 636 Å². The predicted octanol–water partition coefficient (Wildman–Crippen LogP) is 7.15. The molecular weight excluding hydrogens is 1450 g/mol. The summed E-state index contributed by atoms with van der Waals surface area (Å²) in [5, 5.41) is 32.7. The molecule has 5 aromatic rings. The number of carbonyl (C=O) groups excluding carboxylic acids is 8. The molecule has 1 saturated heterocycles. The van der Waals surface area contributed by atoms with Gasteiger partial charge < -0.3 is 88.2 Å². The Bertz CT molecular complexity index is 3870. The van der Waals surface area contributed by atoms with E-state index in [-0.39, 0.29) is 157 Å². The van der Waals surface area contributed by atoms with Crippen molar-refractivity contribution in [3.63, 3.8) is 0 Å². The van der Waals surface area contributed by atoms with E-state index in [1.165, 1.54) is 38.2 Å². The zero-order chi connectivity index (χ0) is 76.4. The summed E-state index contributed by atoms with van der Waals surface area (Å²) in [5.41, 5.74) is 4.06. The van der Waals surface area contributed by atoms with Crippen molar-refractivity contribution >= 4 is 110 Å². The van der Waals surface area contributed by atoms with Crippen LogP contribution in [0.15, 0.2) is 109 Å². The van der Waals surface area contributed by atoms with Crippen molar-refractivity contribution in [3.05, 3.63) is 141 Å². The fourth-order valence-electron chi connectivity index (χ4n) is 12.9. The fourth-order valence-corrected chi connectivity index (χ4v) is 14.3. The van der Waals surface area contributed by atoms with E-state index in [0.29, 0.717) is 97.4 Å². The standard InChI is InChI=1S/C76H96Cl2N8O20S/c1-49(2)70(81-65(88)22-28-99-32-34-101-36-38-103-40-41-104-39-37-102-35-33-100-31-27-84-66(89)20-21-67(84)90)72(92)79-50(3)71(91)80-54-16-14-51(15-17-54)48-105-75(95)82(25-29-97-4)23-24-83(26-30-98-5)76(96)106-62-43-60-69(58-13-9-7-11-56(58)62)53(45-78)47-86(60)74(94)64-19-18-63(107-64)73(93)85-46-52(44-77)68-57-12-8-6-10-55(57)61(87)42-59(68)85/h6-21,42-43,49-50,52-53,59,68,70,76,87,96H,22-41,44-48H2,1-5H3,(H,79,92)(H,80,91)(H,81,88)/t50-,52+,53+,59?,68?,70?,76?/m0/s1. The SMILES string of the molecule is COCCN(CCN(CCOC)C(O)Oc1cc2c(c3ccccc13)[C@H](CCl)CN2C(=O)c1ccc(C(=O)N2C[C@@H](CCl)C3c4ccccc4C(O)=CC32)s1)C(=O)OCc1ccc(NC(=O)[C@H](C)NC(=O)C(NC(=O)CCOCCOCCOCCOCCOCCOCCN2C(=O)C=CC2=O)C(C)C)cc1. The van der Waals surface area contributed by atoms with Crippen LogP contribution in [0.5, 0.6) is 5.75 Å². The minimum Gasteiger partial charge on any atom is -0.508 e. The zero-order valence-corrected chi connectivity index (χ0v) is 63.2. The summed E-state index contributed by atoms with van der Waals surface area (Å²) < 4.78 is 56.0. The van der Waals surface area contributed by atoms with Gasteiger partial charge in [0.15, 0.2) is 0 Å². The number of amides is 8. The molecule has 31 heteroatoms. The summed E-state index contributed by atoms with van der Waals surface area (Å²) in [5.74, 6) is -2.61. The molecule has 1 aromatic heterocycles. The normalized spacial score (nSPS) is 17.4. The number of alkyl halides is 2. The molecule has 5 N–H and O–H groups in total. The third-order valence-electron chi connectivity index (χ3n) is 18.5. The second-order valence-electron chi connectivity index (χ2n) is 26.1. The Kier molecular flexibility index (Phi) is 32.5. The molecule has 4 aliphatic rings. The number of nitrogens with one attached hydrogen (secondary N) is 3. The number of likely N-dealkylation sites (tertiary alicyclic amines) is 1. The van der Waals surface area contributed by atoms with Crippen molar-refractivity contribution in [2.75, 3.05) is 175 Å². The maximum absolute atomic E-state index is 14.8. The second-order valence-corrected chi connectivity index (χ2v) is 27.8. The lowest BCUT2D eigenvalue weighted by Crippen LogP contribution is -2.53. The molecule has 0 spiro atoms. The lowest BCUT2D eigenvalue weighted by molar-refractivity contribution is -0.140. The van der Waals surface area contributed by atoms with Crippen LogP contribution in [0.2, 0.25) is 0 Å². The van der Waals surface area contributed by atoms with E-state index in [0.717, 1.165) is 38.3 Å². The molecule has 4 heterocycles. The number of rotatable bonds is 45. The molecule has 107 heavy (non-hydrogen) atoms. The van der Waals surface area contributed by atoms with Crippen molar-refractivity contribution in [2.24, 2.45) is 11.8 Å². The highest BCUT2D eigenvalue weighted by Crippen LogP contribution is 2.48. The van der Waals surface area contributed by atoms with Gasteiger partial charge in [0.2, 0.25) is 17.7 Å². The molecule has 0 bridgehead atoms. The summed E-state index contributed by atoms with van der Waals surface area (Å²) in [6, 6.07) is 24.4. The Morgan fingerprint density at radius 1 is 0.654 bits per heavy atom. The van der Waals surface area contributed by atoms with Crippen molar-refractivity contribution in [3.8, 4) is 5.75 Å². The number of imide groups is 1. The summed E-state index contributed by atoms with van der Waals surface area (Å²) in [6.07, 6.45) is 1.94. The molecule has 4 unspecified atom stereocenters. The number of nitrogens with zero attached hydrogens (tertiary/aromatic N) is 5. The molecule has 8 amide bonds. The number of anilines is 2.